The summed E-state index contributed by atoms with van der Waals surface area (Å²) in [6.45, 7) is 9.22. The average molecular weight is 357 g/mol. The van der Waals surface area contributed by atoms with Crippen molar-refractivity contribution < 1.29 is 4.79 Å². The molecule has 0 spiro atoms. The highest BCUT2D eigenvalue weighted by Crippen LogP contribution is 2.65. The van der Waals surface area contributed by atoms with Gasteiger partial charge in [0.15, 0.2) is 5.78 Å². The zero-order chi connectivity index (χ0) is 18.8. The zero-order valence-electron chi connectivity index (χ0n) is 16.3. The molecule has 0 bridgehead atoms. The van der Waals surface area contributed by atoms with Crippen LogP contribution in [-0.2, 0) is 4.79 Å². The van der Waals surface area contributed by atoms with Crippen molar-refractivity contribution in [1.82, 2.24) is 4.98 Å². The maximum absolute atomic E-state index is 12.1. The molecule has 5 rings (SSSR count). The normalized spacial score (nSPS) is 37.6. The number of hydrogen-bond acceptors (Lipinski definition) is 2. The molecular weight excluding hydrogens is 330 g/mol. The summed E-state index contributed by atoms with van der Waals surface area (Å²) >= 11 is 0. The van der Waals surface area contributed by atoms with Gasteiger partial charge in [0.25, 0.3) is 0 Å². The van der Waals surface area contributed by atoms with Gasteiger partial charge >= 0.3 is 0 Å². The Morgan fingerprint density at radius 3 is 2.81 bits per heavy atom. The van der Waals surface area contributed by atoms with Gasteiger partial charge in [0.05, 0.1) is 0 Å². The quantitative estimate of drug-likeness (QED) is 0.646. The lowest BCUT2D eigenvalue weighted by Gasteiger charge is -2.56. The molecule has 2 saturated carbocycles. The fourth-order valence-electron chi connectivity index (χ4n) is 6.50. The van der Waals surface area contributed by atoms with Gasteiger partial charge in [-0.3, -0.25) is 9.78 Å². The van der Waals surface area contributed by atoms with Crippen molar-refractivity contribution in [3.8, 4) is 0 Å². The summed E-state index contributed by atoms with van der Waals surface area (Å²) in [7, 11) is 0. The second-order valence-corrected chi connectivity index (χ2v) is 9.28. The highest BCUT2D eigenvalue weighted by Gasteiger charge is 2.55. The molecule has 4 atom stereocenters. The van der Waals surface area contributed by atoms with Crippen molar-refractivity contribution in [1.29, 1.82) is 0 Å². The monoisotopic (exact) mass is 357 g/mol. The molecule has 0 aliphatic heterocycles. The number of carbonyl (C=O) groups is 1. The SMILES string of the molecule is C=C1CC2C3=CC=C(c4cccnc4)C3(C)CCC2C2(C)CCC(=O)C=C12. The number of aromatic nitrogens is 1. The Morgan fingerprint density at radius 1 is 1.19 bits per heavy atom. The molecule has 0 N–H and O–H groups in total. The maximum Gasteiger partial charge on any atom is 0.156 e. The molecule has 1 aromatic rings. The lowest BCUT2D eigenvalue weighted by Crippen LogP contribution is -2.47. The Balaban J connectivity index is 1.54. The van der Waals surface area contributed by atoms with Crippen LogP contribution in [0, 0.1) is 22.7 Å². The van der Waals surface area contributed by atoms with Crippen LogP contribution >= 0.6 is 0 Å². The Bertz CT molecular complexity index is 934. The van der Waals surface area contributed by atoms with Gasteiger partial charge in [0.2, 0.25) is 0 Å². The van der Waals surface area contributed by atoms with E-state index in [1.165, 1.54) is 35.1 Å². The highest BCUT2D eigenvalue weighted by atomic mass is 16.1. The highest BCUT2D eigenvalue weighted by molar-refractivity contribution is 5.92. The van der Waals surface area contributed by atoms with Gasteiger partial charge in [0, 0.05) is 24.2 Å². The third kappa shape index (κ3) is 2.25. The summed E-state index contributed by atoms with van der Waals surface area (Å²) < 4.78 is 0. The average Bonchev–Trinajstić information content (AvgIpc) is 3.01. The largest absolute Gasteiger partial charge is 0.295 e. The molecule has 27 heavy (non-hydrogen) atoms. The number of nitrogens with zero attached hydrogens (tertiary/aromatic N) is 1. The Morgan fingerprint density at radius 2 is 2.04 bits per heavy atom. The fourth-order valence-corrected chi connectivity index (χ4v) is 6.50. The van der Waals surface area contributed by atoms with Crippen LogP contribution in [0.1, 0.15) is 51.5 Å². The van der Waals surface area contributed by atoms with Gasteiger partial charge in [-0.1, -0.05) is 49.8 Å². The second kappa shape index (κ2) is 5.64. The van der Waals surface area contributed by atoms with E-state index in [1.807, 2.05) is 24.5 Å². The Hall–Kier alpha value is -2.22. The molecule has 1 aromatic heterocycles. The summed E-state index contributed by atoms with van der Waals surface area (Å²) in [6.07, 6.45) is 15.5. The third-order valence-corrected chi connectivity index (χ3v) is 7.95. The summed E-state index contributed by atoms with van der Waals surface area (Å²) in [4.78, 5) is 16.4. The number of fused-ring (bicyclic) bond motifs is 5. The van der Waals surface area contributed by atoms with E-state index in [2.05, 4.69) is 43.6 Å². The smallest absolute Gasteiger partial charge is 0.156 e. The van der Waals surface area contributed by atoms with Crippen LogP contribution in [0.3, 0.4) is 0 Å². The molecule has 2 fully saturated rings. The van der Waals surface area contributed by atoms with Crippen LogP contribution in [0.2, 0.25) is 0 Å². The van der Waals surface area contributed by atoms with Gasteiger partial charge in [-0.2, -0.15) is 0 Å². The molecular formula is C25H27NO. The molecule has 0 aromatic carbocycles. The van der Waals surface area contributed by atoms with E-state index < -0.39 is 0 Å². The predicted molar refractivity (Wildman–Crippen MR) is 109 cm³/mol. The molecule has 0 amide bonds. The molecule has 4 unspecified atom stereocenters. The first-order chi connectivity index (χ1) is 12.9. The lowest BCUT2D eigenvalue weighted by atomic mass is 9.47. The van der Waals surface area contributed by atoms with Crippen LogP contribution in [-0.4, -0.2) is 10.8 Å². The fraction of sp³-hybridized carbons (Fsp3) is 0.440. The van der Waals surface area contributed by atoms with Gasteiger partial charge in [0.1, 0.15) is 0 Å². The van der Waals surface area contributed by atoms with Crippen molar-refractivity contribution in [3.63, 3.8) is 0 Å². The second-order valence-electron chi connectivity index (χ2n) is 9.28. The molecule has 138 valence electrons. The first kappa shape index (κ1) is 16.9. The molecule has 4 aliphatic carbocycles. The van der Waals surface area contributed by atoms with Crippen molar-refractivity contribution in [2.75, 3.05) is 0 Å². The summed E-state index contributed by atoms with van der Waals surface area (Å²) in [5.41, 5.74) is 6.89. The minimum absolute atomic E-state index is 0.104. The minimum atomic E-state index is 0.104. The van der Waals surface area contributed by atoms with Crippen LogP contribution in [0.15, 0.2) is 66.1 Å². The van der Waals surface area contributed by atoms with Crippen LogP contribution < -0.4 is 0 Å². The predicted octanol–water partition coefficient (Wildman–Crippen LogP) is 5.69. The van der Waals surface area contributed by atoms with Gasteiger partial charge in [-0.15, -0.1) is 0 Å². The molecule has 2 heteroatoms. The van der Waals surface area contributed by atoms with E-state index >= 15 is 0 Å². The molecule has 4 aliphatic rings. The minimum Gasteiger partial charge on any atom is -0.295 e. The van der Waals surface area contributed by atoms with Gasteiger partial charge in [-0.05, 0) is 71.8 Å². The summed E-state index contributed by atoms with van der Waals surface area (Å²) in [6, 6.07) is 4.21. The topological polar surface area (TPSA) is 30.0 Å². The molecule has 1 heterocycles. The van der Waals surface area contributed by atoms with Crippen molar-refractivity contribution >= 4 is 11.4 Å². The van der Waals surface area contributed by atoms with Crippen molar-refractivity contribution in [2.45, 2.75) is 46.0 Å². The Labute approximate surface area is 161 Å². The van der Waals surface area contributed by atoms with E-state index in [0.29, 0.717) is 18.3 Å². The third-order valence-electron chi connectivity index (χ3n) is 7.95. The van der Waals surface area contributed by atoms with E-state index in [-0.39, 0.29) is 16.6 Å². The van der Waals surface area contributed by atoms with E-state index in [0.717, 1.165) is 12.8 Å². The van der Waals surface area contributed by atoms with Gasteiger partial charge in [-0.25, -0.2) is 0 Å². The number of rotatable bonds is 1. The number of pyridine rings is 1. The van der Waals surface area contributed by atoms with Crippen LogP contribution in [0.25, 0.3) is 5.57 Å². The van der Waals surface area contributed by atoms with Crippen LogP contribution in [0.4, 0.5) is 0 Å². The lowest BCUT2D eigenvalue weighted by molar-refractivity contribution is -0.116. The first-order valence-electron chi connectivity index (χ1n) is 10.2. The van der Waals surface area contributed by atoms with Crippen molar-refractivity contribution in [3.05, 3.63) is 71.6 Å². The number of allylic oxidation sites excluding steroid dienone is 7. The molecule has 0 radical (unpaired) electrons. The zero-order valence-corrected chi connectivity index (χ0v) is 16.3. The Kier molecular flexibility index (Phi) is 3.53. The maximum atomic E-state index is 12.1. The molecule has 0 saturated heterocycles. The van der Waals surface area contributed by atoms with Crippen molar-refractivity contribution in [2.24, 2.45) is 22.7 Å². The standard InChI is InChI=1S/C25H27NO/c1-16-13-19-21-7-6-20(17-5-4-12-26-15-17)24(21,2)11-9-22(19)25(3)10-8-18(27)14-23(16)25/h4-7,12,14-15,19,22H,1,8-11,13H2,2-3H3. The van der Waals surface area contributed by atoms with E-state index in [1.54, 1.807) is 5.57 Å². The van der Waals surface area contributed by atoms with Crippen LogP contribution in [0.5, 0.6) is 0 Å². The summed E-state index contributed by atoms with van der Waals surface area (Å²) in [5.74, 6) is 1.43. The van der Waals surface area contributed by atoms with E-state index in [4.69, 9.17) is 0 Å². The number of carbonyl (C=O) groups excluding carboxylic acids is 1. The van der Waals surface area contributed by atoms with E-state index in [9.17, 15) is 4.79 Å². The summed E-state index contributed by atoms with van der Waals surface area (Å²) in [5, 5.41) is 0. The van der Waals surface area contributed by atoms with Gasteiger partial charge < -0.3 is 0 Å². The molecule has 2 nitrogen and oxygen atoms in total. The number of ketones is 1. The number of hydrogen-bond donors (Lipinski definition) is 0. The first-order valence-corrected chi connectivity index (χ1v) is 10.2.